The average molecular weight is 625 g/mol. The molecule has 0 aliphatic carbocycles. The Balaban J connectivity index is 1.04. The van der Waals surface area contributed by atoms with Gasteiger partial charge in [0, 0.05) is 18.6 Å². The molecular weight excluding hydrogens is 564 g/mol. The van der Waals surface area contributed by atoms with Gasteiger partial charge in [0.05, 0.1) is 38.6 Å². The molecule has 252 valence electrons. The molecular formula is C39H60O6. The van der Waals surface area contributed by atoms with Gasteiger partial charge in [-0.3, -0.25) is 0 Å². The highest BCUT2D eigenvalue weighted by Gasteiger charge is 2.52. The van der Waals surface area contributed by atoms with Crippen LogP contribution in [0.25, 0.3) is 0 Å². The fourth-order valence-electron chi connectivity index (χ4n) is 6.18. The Morgan fingerprint density at radius 3 is 1.20 bits per heavy atom. The standard InChI is InChI=1S/C39H60O6/c1-7-38(31(3)44-38)29-40-25-13-9-11-15-27-42-35-21-17-33(18-22-35)37(5,6)34-19-23-36(24-20-34)43-28-16-12-10-14-26-41-30-39(8-2)32(4)45-39/h17-24,31-32H,7-16,25-30H2,1-6H3. The Labute approximate surface area is 273 Å². The minimum Gasteiger partial charge on any atom is -0.494 e. The molecule has 4 unspecified atom stereocenters. The molecule has 6 heteroatoms. The highest BCUT2D eigenvalue weighted by molar-refractivity contribution is 5.41. The zero-order chi connectivity index (χ0) is 32.2. The van der Waals surface area contributed by atoms with Crippen LogP contribution in [0.1, 0.15) is 117 Å². The van der Waals surface area contributed by atoms with Crippen LogP contribution in [0.15, 0.2) is 48.5 Å². The number of unbranched alkanes of at least 4 members (excludes halogenated alkanes) is 6. The number of rotatable bonds is 24. The van der Waals surface area contributed by atoms with Crippen LogP contribution in [0.3, 0.4) is 0 Å². The first kappa shape index (κ1) is 35.7. The smallest absolute Gasteiger partial charge is 0.119 e. The van der Waals surface area contributed by atoms with Crippen molar-refractivity contribution in [3.8, 4) is 11.5 Å². The normalized spacial score (nSPS) is 24.0. The van der Waals surface area contributed by atoms with E-state index in [9.17, 15) is 0 Å². The van der Waals surface area contributed by atoms with Crippen LogP contribution in [0.2, 0.25) is 0 Å². The van der Waals surface area contributed by atoms with E-state index in [0.29, 0.717) is 12.2 Å². The first-order chi connectivity index (χ1) is 21.7. The van der Waals surface area contributed by atoms with E-state index in [-0.39, 0.29) is 16.6 Å². The predicted molar refractivity (Wildman–Crippen MR) is 182 cm³/mol. The summed E-state index contributed by atoms with van der Waals surface area (Å²) in [5, 5.41) is 0. The lowest BCUT2D eigenvalue weighted by molar-refractivity contribution is 0.0741. The third-order valence-electron chi connectivity index (χ3n) is 10.1. The Bertz CT molecular complexity index is 1020. The number of ether oxygens (including phenoxy) is 6. The summed E-state index contributed by atoms with van der Waals surface area (Å²) in [6.45, 7) is 17.7. The molecule has 0 spiro atoms. The van der Waals surface area contributed by atoms with Gasteiger partial charge in [0.1, 0.15) is 22.7 Å². The first-order valence-electron chi connectivity index (χ1n) is 17.7. The third kappa shape index (κ3) is 10.4. The molecule has 2 aliphatic heterocycles. The molecule has 2 aliphatic rings. The van der Waals surface area contributed by atoms with Crippen molar-refractivity contribution in [2.24, 2.45) is 0 Å². The number of hydrogen-bond donors (Lipinski definition) is 0. The number of benzene rings is 2. The second kappa shape index (κ2) is 17.2. The van der Waals surface area contributed by atoms with Crippen molar-refractivity contribution in [1.82, 2.24) is 0 Å². The fraction of sp³-hybridized carbons (Fsp3) is 0.692. The van der Waals surface area contributed by atoms with Gasteiger partial charge < -0.3 is 28.4 Å². The molecule has 45 heavy (non-hydrogen) atoms. The highest BCUT2D eigenvalue weighted by atomic mass is 16.6. The quantitative estimate of drug-likeness (QED) is 0.0858. The lowest BCUT2D eigenvalue weighted by atomic mass is 9.78. The number of hydrogen-bond acceptors (Lipinski definition) is 6. The molecule has 0 saturated carbocycles. The minimum absolute atomic E-state index is 0.00171. The van der Waals surface area contributed by atoms with Crippen molar-refractivity contribution < 1.29 is 28.4 Å². The average Bonchev–Trinajstić information content (AvgIpc) is 3.92. The summed E-state index contributed by atoms with van der Waals surface area (Å²) in [5.74, 6) is 1.87. The van der Waals surface area contributed by atoms with Crippen molar-refractivity contribution in [2.45, 2.75) is 135 Å². The maximum absolute atomic E-state index is 6.03. The van der Waals surface area contributed by atoms with Crippen LogP contribution in [0.4, 0.5) is 0 Å². The minimum atomic E-state index is -0.109. The Morgan fingerprint density at radius 1 is 0.556 bits per heavy atom. The predicted octanol–water partition coefficient (Wildman–Crippen LogP) is 9.06. The summed E-state index contributed by atoms with van der Waals surface area (Å²) in [7, 11) is 0. The number of epoxide rings is 2. The summed E-state index contributed by atoms with van der Waals surface area (Å²) in [6.07, 6.45) is 11.7. The van der Waals surface area contributed by atoms with Gasteiger partial charge in [-0.1, -0.05) is 64.8 Å². The maximum Gasteiger partial charge on any atom is 0.119 e. The van der Waals surface area contributed by atoms with Crippen molar-refractivity contribution in [3.63, 3.8) is 0 Å². The highest BCUT2D eigenvalue weighted by Crippen LogP contribution is 2.40. The molecule has 2 aromatic rings. The largest absolute Gasteiger partial charge is 0.494 e. The SMILES string of the molecule is CCC1(COCCCCCCOc2ccc(C(C)(C)c3ccc(OCCCCCCOCC4(CC)OC4C)cc3)cc2)OC1C. The van der Waals surface area contributed by atoms with Gasteiger partial charge in [-0.05, 0) is 101 Å². The molecule has 4 rings (SSSR count). The molecule has 2 saturated heterocycles. The van der Waals surface area contributed by atoms with Crippen molar-refractivity contribution >= 4 is 0 Å². The summed E-state index contributed by atoms with van der Waals surface area (Å²) in [5.41, 5.74) is 2.43. The summed E-state index contributed by atoms with van der Waals surface area (Å²) in [6, 6.07) is 17.2. The second-order valence-corrected chi connectivity index (χ2v) is 13.7. The van der Waals surface area contributed by atoms with E-state index in [1.807, 2.05) is 0 Å². The molecule has 6 nitrogen and oxygen atoms in total. The summed E-state index contributed by atoms with van der Waals surface area (Å²) >= 11 is 0. The van der Waals surface area contributed by atoms with E-state index < -0.39 is 0 Å². The van der Waals surface area contributed by atoms with Gasteiger partial charge in [0.2, 0.25) is 0 Å². The lowest BCUT2D eigenvalue weighted by Gasteiger charge is -2.26. The van der Waals surface area contributed by atoms with Crippen molar-refractivity contribution in [2.75, 3.05) is 39.6 Å². The molecule has 0 aromatic heterocycles. The zero-order valence-electron chi connectivity index (χ0n) is 29.0. The maximum atomic E-state index is 6.03. The molecule has 2 heterocycles. The monoisotopic (exact) mass is 624 g/mol. The van der Waals surface area contributed by atoms with Crippen LogP contribution >= 0.6 is 0 Å². The Kier molecular flexibility index (Phi) is 13.6. The van der Waals surface area contributed by atoms with Gasteiger partial charge >= 0.3 is 0 Å². The van der Waals surface area contributed by atoms with Gasteiger partial charge in [0.15, 0.2) is 0 Å². The second-order valence-electron chi connectivity index (χ2n) is 13.7. The van der Waals surface area contributed by atoms with E-state index in [1.54, 1.807) is 0 Å². The topological polar surface area (TPSA) is 62.0 Å². The summed E-state index contributed by atoms with van der Waals surface area (Å²) in [4.78, 5) is 0. The molecule has 0 amide bonds. The molecule has 0 bridgehead atoms. The zero-order valence-corrected chi connectivity index (χ0v) is 29.0. The van der Waals surface area contributed by atoms with Gasteiger partial charge in [-0.2, -0.15) is 0 Å². The van der Waals surface area contributed by atoms with Crippen molar-refractivity contribution in [3.05, 3.63) is 59.7 Å². The summed E-state index contributed by atoms with van der Waals surface area (Å²) < 4.78 is 35.2. The Hall–Kier alpha value is -2.12. The molecule has 0 radical (unpaired) electrons. The van der Waals surface area contributed by atoms with Crippen LogP contribution in [0, 0.1) is 0 Å². The lowest BCUT2D eigenvalue weighted by Crippen LogP contribution is -2.21. The third-order valence-corrected chi connectivity index (χ3v) is 10.1. The van der Waals surface area contributed by atoms with Gasteiger partial charge in [-0.15, -0.1) is 0 Å². The van der Waals surface area contributed by atoms with E-state index in [4.69, 9.17) is 28.4 Å². The van der Waals surface area contributed by atoms with Gasteiger partial charge in [-0.25, -0.2) is 0 Å². The molecule has 0 N–H and O–H groups in total. The van der Waals surface area contributed by atoms with E-state index in [0.717, 1.165) is 103 Å². The van der Waals surface area contributed by atoms with Crippen LogP contribution < -0.4 is 9.47 Å². The van der Waals surface area contributed by atoms with Crippen LogP contribution in [0.5, 0.6) is 11.5 Å². The van der Waals surface area contributed by atoms with Gasteiger partial charge in [0.25, 0.3) is 0 Å². The molecule has 2 aromatic carbocycles. The molecule has 2 fully saturated rings. The van der Waals surface area contributed by atoms with Crippen LogP contribution in [-0.4, -0.2) is 63.1 Å². The fourth-order valence-corrected chi connectivity index (χ4v) is 6.18. The van der Waals surface area contributed by atoms with E-state index in [2.05, 4.69) is 90.1 Å². The van der Waals surface area contributed by atoms with E-state index in [1.165, 1.54) is 24.0 Å². The first-order valence-corrected chi connectivity index (χ1v) is 17.7. The Morgan fingerprint density at radius 2 is 0.889 bits per heavy atom. The van der Waals surface area contributed by atoms with Crippen LogP contribution in [-0.2, 0) is 24.4 Å². The van der Waals surface area contributed by atoms with Crippen molar-refractivity contribution in [1.29, 1.82) is 0 Å². The molecule has 4 atom stereocenters. The van der Waals surface area contributed by atoms with E-state index >= 15 is 0 Å².